The summed E-state index contributed by atoms with van der Waals surface area (Å²) in [6.07, 6.45) is 2.85. The zero-order valence-electron chi connectivity index (χ0n) is 13.1. The lowest BCUT2D eigenvalue weighted by atomic mass is 10.1. The molecule has 1 aliphatic heterocycles. The Morgan fingerprint density at radius 2 is 1.87 bits per heavy atom. The van der Waals surface area contributed by atoms with Gasteiger partial charge in [0.05, 0.1) is 11.9 Å². The molecular weight excluding hydrogens is 331 g/mol. The fourth-order valence-corrected chi connectivity index (χ4v) is 4.58. The van der Waals surface area contributed by atoms with Gasteiger partial charge in [0.15, 0.2) is 0 Å². The molecule has 0 radical (unpaired) electrons. The van der Waals surface area contributed by atoms with Crippen molar-refractivity contribution in [2.24, 2.45) is 0 Å². The third-order valence-electron chi connectivity index (χ3n) is 3.74. The molecule has 3 rings (SSSR count). The molecule has 0 N–H and O–H groups in total. The largest absolute Gasteiger partial charge is 0.421 e. The second kappa shape index (κ2) is 6.52. The van der Waals surface area contributed by atoms with E-state index in [0.29, 0.717) is 22.7 Å². The van der Waals surface area contributed by atoms with Crippen LogP contribution in [0.5, 0.6) is 0 Å². The maximum Gasteiger partial charge on any atom is 0.411 e. The molecule has 1 atom stereocenters. The van der Waals surface area contributed by atoms with Gasteiger partial charge in [0.25, 0.3) is 0 Å². The second-order valence-electron chi connectivity index (χ2n) is 5.27. The molecule has 0 aromatic heterocycles. The van der Waals surface area contributed by atoms with E-state index < -0.39 is 7.60 Å². The number of fused-ring (bicyclic) bond motifs is 1. The van der Waals surface area contributed by atoms with E-state index in [4.69, 9.17) is 20.6 Å². The molecule has 2 aromatic carbocycles. The maximum atomic E-state index is 13.2. The minimum atomic E-state index is -3.42. The van der Waals surface area contributed by atoms with Gasteiger partial charge >= 0.3 is 7.60 Å². The van der Waals surface area contributed by atoms with E-state index in [2.05, 4.69) is 6.92 Å². The molecule has 0 saturated heterocycles. The summed E-state index contributed by atoms with van der Waals surface area (Å²) in [6, 6.07) is 13.3. The van der Waals surface area contributed by atoms with Crippen molar-refractivity contribution < 1.29 is 13.6 Å². The molecule has 23 heavy (non-hydrogen) atoms. The van der Waals surface area contributed by atoms with Crippen LogP contribution in [0.3, 0.4) is 0 Å². The molecule has 0 aliphatic carbocycles. The highest BCUT2D eigenvalue weighted by Gasteiger charge is 2.35. The SMILES string of the molecule is CCOP1(=O)OC(c2ccc(CC)cc2)=Cc2ccc(Cl)cc21. The molecule has 5 heteroatoms. The Morgan fingerprint density at radius 1 is 1.13 bits per heavy atom. The predicted molar refractivity (Wildman–Crippen MR) is 95.1 cm³/mol. The molecule has 2 aromatic rings. The molecular formula is C18H18ClO3P. The molecule has 1 aliphatic rings. The highest BCUT2D eigenvalue weighted by Crippen LogP contribution is 2.54. The van der Waals surface area contributed by atoms with Gasteiger partial charge in [-0.2, -0.15) is 0 Å². The first kappa shape index (κ1) is 16.3. The number of benzene rings is 2. The van der Waals surface area contributed by atoms with E-state index in [0.717, 1.165) is 17.5 Å². The Labute approximate surface area is 141 Å². The normalized spacial score (nSPS) is 19.7. The summed E-state index contributed by atoms with van der Waals surface area (Å²) < 4.78 is 24.4. The molecule has 1 unspecified atom stereocenters. The number of hydrogen-bond acceptors (Lipinski definition) is 3. The van der Waals surface area contributed by atoms with Gasteiger partial charge in [-0.05, 0) is 42.7 Å². The Bertz CT molecular complexity index is 796. The smallest absolute Gasteiger partial charge is 0.411 e. The van der Waals surface area contributed by atoms with E-state index >= 15 is 0 Å². The van der Waals surface area contributed by atoms with Crippen LogP contribution in [0.15, 0.2) is 42.5 Å². The van der Waals surface area contributed by atoms with Gasteiger partial charge in [-0.25, -0.2) is 4.57 Å². The minimum Gasteiger partial charge on any atom is -0.421 e. The van der Waals surface area contributed by atoms with Crippen LogP contribution in [-0.4, -0.2) is 6.61 Å². The molecule has 0 spiro atoms. The van der Waals surface area contributed by atoms with Crippen molar-refractivity contribution in [2.45, 2.75) is 20.3 Å². The molecule has 120 valence electrons. The summed E-state index contributed by atoms with van der Waals surface area (Å²) in [5.41, 5.74) is 2.93. The van der Waals surface area contributed by atoms with Gasteiger partial charge in [-0.3, -0.25) is 4.52 Å². The summed E-state index contributed by atoms with van der Waals surface area (Å²) in [5.74, 6) is 0.555. The average Bonchev–Trinajstić information content (AvgIpc) is 2.56. The zero-order chi connectivity index (χ0) is 16.4. The van der Waals surface area contributed by atoms with Crippen LogP contribution in [0.2, 0.25) is 5.02 Å². The Kier molecular flexibility index (Phi) is 4.63. The van der Waals surface area contributed by atoms with Crippen LogP contribution < -0.4 is 5.30 Å². The van der Waals surface area contributed by atoms with Gasteiger partial charge in [-0.1, -0.05) is 48.9 Å². The summed E-state index contributed by atoms with van der Waals surface area (Å²) >= 11 is 6.04. The first-order valence-electron chi connectivity index (χ1n) is 7.61. The number of halogens is 1. The van der Waals surface area contributed by atoms with E-state index in [1.54, 1.807) is 19.1 Å². The fourth-order valence-electron chi connectivity index (χ4n) is 2.53. The van der Waals surface area contributed by atoms with Crippen LogP contribution >= 0.6 is 19.2 Å². The summed E-state index contributed by atoms with van der Waals surface area (Å²) in [7, 11) is -3.42. The molecule has 0 saturated carbocycles. The van der Waals surface area contributed by atoms with Crippen molar-refractivity contribution in [3.8, 4) is 0 Å². The monoisotopic (exact) mass is 348 g/mol. The topological polar surface area (TPSA) is 35.5 Å². The number of hydrogen-bond donors (Lipinski definition) is 0. The van der Waals surface area contributed by atoms with Gasteiger partial charge in [0.1, 0.15) is 5.76 Å². The molecule has 0 fully saturated rings. The Morgan fingerprint density at radius 3 is 2.52 bits per heavy atom. The molecule has 0 bridgehead atoms. The molecule has 0 amide bonds. The van der Waals surface area contributed by atoms with E-state index in [-0.39, 0.29) is 0 Å². The van der Waals surface area contributed by atoms with Crippen LogP contribution in [-0.2, 0) is 20.0 Å². The Balaban J connectivity index is 2.09. The summed E-state index contributed by atoms with van der Waals surface area (Å²) in [5, 5.41) is 1.03. The van der Waals surface area contributed by atoms with Gasteiger partial charge in [0.2, 0.25) is 0 Å². The summed E-state index contributed by atoms with van der Waals surface area (Å²) in [4.78, 5) is 0. The zero-order valence-corrected chi connectivity index (χ0v) is 14.7. The van der Waals surface area contributed by atoms with Crippen molar-refractivity contribution in [2.75, 3.05) is 6.61 Å². The van der Waals surface area contributed by atoms with Crippen LogP contribution in [0.1, 0.15) is 30.5 Å². The van der Waals surface area contributed by atoms with Gasteiger partial charge < -0.3 is 4.52 Å². The second-order valence-corrected chi connectivity index (χ2v) is 7.62. The highest BCUT2D eigenvalue weighted by atomic mass is 35.5. The number of aryl methyl sites for hydroxylation is 1. The standard InChI is InChI=1S/C18H18ClO3P/c1-3-13-5-7-14(8-6-13)17-11-15-9-10-16(19)12-18(15)23(20,22-17)21-4-2/h5-12H,3-4H2,1-2H3. The highest BCUT2D eigenvalue weighted by molar-refractivity contribution is 7.62. The lowest BCUT2D eigenvalue weighted by Gasteiger charge is -2.26. The van der Waals surface area contributed by atoms with Gasteiger partial charge in [-0.15, -0.1) is 0 Å². The van der Waals surface area contributed by atoms with E-state index in [1.807, 2.05) is 36.4 Å². The van der Waals surface area contributed by atoms with Crippen molar-refractivity contribution in [3.05, 3.63) is 64.2 Å². The van der Waals surface area contributed by atoms with Crippen LogP contribution in [0.4, 0.5) is 0 Å². The van der Waals surface area contributed by atoms with Crippen molar-refractivity contribution >= 4 is 36.3 Å². The van der Waals surface area contributed by atoms with E-state index in [1.165, 1.54) is 5.56 Å². The first-order valence-corrected chi connectivity index (χ1v) is 9.53. The quantitative estimate of drug-likeness (QED) is 0.705. The third-order valence-corrected chi connectivity index (χ3v) is 5.99. The molecule has 1 heterocycles. The maximum absolute atomic E-state index is 13.2. The van der Waals surface area contributed by atoms with E-state index in [9.17, 15) is 4.57 Å². The average molecular weight is 349 g/mol. The lowest BCUT2D eigenvalue weighted by molar-refractivity contribution is 0.279. The Hall–Kier alpha value is -1.54. The fraction of sp³-hybridized carbons (Fsp3) is 0.222. The lowest BCUT2D eigenvalue weighted by Crippen LogP contribution is -2.17. The van der Waals surface area contributed by atoms with Crippen LogP contribution in [0.25, 0.3) is 11.8 Å². The van der Waals surface area contributed by atoms with Crippen LogP contribution in [0, 0.1) is 0 Å². The first-order chi connectivity index (χ1) is 11.1. The minimum absolute atomic E-state index is 0.297. The van der Waals surface area contributed by atoms with Gasteiger partial charge in [0, 0.05) is 10.6 Å². The summed E-state index contributed by atoms with van der Waals surface area (Å²) in [6.45, 7) is 4.20. The molecule has 3 nitrogen and oxygen atoms in total. The van der Waals surface area contributed by atoms with Crippen molar-refractivity contribution in [1.29, 1.82) is 0 Å². The van der Waals surface area contributed by atoms with Crippen molar-refractivity contribution in [1.82, 2.24) is 0 Å². The number of rotatable bonds is 4. The third kappa shape index (κ3) is 3.23. The van der Waals surface area contributed by atoms with Crippen molar-refractivity contribution in [3.63, 3.8) is 0 Å². The predicted octanol–water partition coefficient (Wildman–Crippen LogP) is 5.29.